The third kappa shape index (κ3) is 6.91. The van der Waals surface area contributed by atoms with Gasteiger partial charge in [-0.3, -0.25) is 9.36 Å². The van der Waals surface area contributed by atoms with Crippen molar-refractivity contribution in [2.75, 3.05) is 14.2 Å². The molecule has 42 heavy (non-hydrogen) atoms. The molecule has 0 spiro atoms. The number of carbonyl (C=O) groups is 1. The second-order valence-corrected chi connectivity index (χ2v) is 12.1. The maximum atomic E-state index is 15.1. The summed E-state index contributed by atoms with van der Waals surface area (Å²) in [6.07, 6.45) is 1.70. The molecule has 1 atom stereocenters. The van der Waals surface area contributed by atoms with Crippen LogP contribution in [0.1, 0.15) is 37.6 Å². The number of hydrogen-bond acceptors (Lipinski definition) is 7. The maximum Gasteiger partial charge on any atom is 0.323 e. The van der Waals surface area contributed by atoms with Crippen molar-refractivity contribution in [3.8, 4) is 11.4 Å². The summed E-state index contributed by atoms with van der Waals surface area (Å²) in [6, 6.07) is 13.2. The first-order valence-electron chi connectivity index (χ1n) is 12.7. The van der Waals surface area contributed by atoms with Gasteiger partial charge in [0.2, 0.25) is 0 Å². The average molecular weight is 636 g/mol. The van der Waals surface area contributed by atoms with Crippen LogP contribution in [0.4, 0.5) is 13.2 Å². The normalized spacial score (nSPS) is 12.3. The fraction of sp³-hybridized carbons (Fsp3) is 0.267. The van der Waals surface area contributed by atoms with E-state index in [4.69, 9.17) is 16.3 Å². The van der Waals surface area contributed by atoms with Crippen molar-refractivity contribution in [3.05, 3.63) is 100 Å². The lowest BCUT2D eigenvalue weighted by Crippen LogP contribution is -2.29. The van der Waals surface area contributed by atoms with E-state index < -0.39 is 34.9 Å². The number of benzene rings is 3. The van der Waals surface area contributed by atoms with Gasteiger partial charge in [-0.1, -0.05) is 43.3 Å². The van der Waals surface area contributed by atoms with Crippen LogP contribution in [0.2, 0.25) is 5.02 Å². The van der Waals surface area contributed by atoms with Crippen molar-refractivity contribution in [1.29, 1.82) is 0 Å². The molecule has 0 fully saturated rings. The molecule has 1 unspecified atom stereocenters. The van der Waals surface area contributed by atoms with Crippen molar-refractivity contribution in [2.24, 2.45) is 0 Å². The topological polar surface area (TPSA) is 65.4 Å². The SMILES string of the molecule is COC(=O)C(C)NSc1cc(F)c(CSc2ncc(C(C)(C)c3ccc(Cl)c(OC)c3)n2-c2ccc(F)cc2)c(F)c1. The number of carbonyl (C=O) groups excluding carboxylic acids is 1. The van der Waals surface area contributed by atoms with Crippen LogP contribution in [0.5, 0.6) is 5.75 Å². The Morgan fingerprint density at radius 1 is 1.07 bits per heavy atom. The number of rotatable bonds is 11. The number of nitrogens with zero attached hydrogens (tertiary/aromatic N) is 2. The fourth-order valence-electron chi connectivity index (χ4n) is 4.21. The quantitative estimate of drug-likeness (QED) is 0.103. The predicted octanol–water partition coefficient (Wildman–Crippen LogP) is 7.73. The molecule has 0 saturated heterocycles. The Kier molecular flexibility index (Phi) is 10.2. The van der Waals surface area contributed by atoms with Crippen LogP contribution < -0.4 is 9.46 Å². The molecule has 3 aromatic carbocycles. The van der Waals surface area contributed by atoms with Gasteiger partial charge in [0, 0.05) is 27.3 Å². The number of halogens is 4. The van der Waals surface area contributed by atoms with Crippen molar-refractivity contribution >= 4 is 41.3 Å². The summed E-state index contributed by atoms with van der Waals surface area (Å²) >= 11 is 8.34. The lowest BCUT2D eigenvalue weighted by Gasteiger charge is -2.28. The van der Waals surface area contributed by atoms with Crippen molar-refractivity contribution < 1.29 is 27.4 Å². The highest BCUT2D eigenvalue weighted by Crippen LogP contribution is 2.39. The zero-order valence-corrected chi connectivity index (χ0v) is 25.9. The summed E-state index contributed by atoms with van der Waals surface area (Å²) in [5.41, 5.74) is 1.55. The molecule has 0 amide bonds. The van der Waals surface area contributed by atoms with Gasteiger partial charge in [0.25, 0.3) is 0 Å². The highest BCUT2D eigenvalue weighted by molar-refractivity contribution is 7.98. The zero-order chi connectivity index (χ0) is 30.6. The summed E-state index contributed by atoms with van der Waals surface area (Å²) in [7, 11) is 2.80. The summed E-state index contributed by atoms with van der Waals surface area (Å²) in [5, 5.41) is 0.944. The van der Waals surface area contributed by atoms with Gasteiger partial charge >= 0.3 is 5.97 Å². The molecule has 0 aliphatic heterocycles. The van der Waals surface area contributed by atoms with E-state index in [2.05, 4.69) is 14.4 Å². The molecule has 6 nitrogen and oxygen atoms in total. The van der Waals surface area contributed by atoms with Gasteiger partial charge in [0.1, 0.15) is 29.2 Å². The van der Waals surface area contributed by atoms with E-state index in [1.165, 1.54) is 31.4 Å². The monoisotopic (exact) mass is 635 g/mol. The number of aromatic nitrogens is 2. The number of ether oxygens (including phenoxy) is 2. The molecule has 0 aliphatic rings. The Balaban J connectivity index is 1.65. The minimum absolute atomic E-state index is 0.0541. The molecular formula is C30H29ClF3N3O3S2. The molecule has 12 heteroatoms. The first-order chi connectivity index (χ1) is 20.0. The van der Waals surface area contributed by atoms with Crippen LogP contribution in [0.15, 0.2) is 70.8 Å². The van der Waals surface area contributed by atoms with Crippen molar-refractivity contribution in [3.63, 3.8) is 0 Å². The molecule has 1 N–H and O–H groups in total. The van der Waals surface area contributed by atoms with E-state index in [1.807, 2.05) is 30.5 Å². The smallest absolute Gasteiger partial charge is 0.323 e. The molecule has 0 aliphatic carbocycles. The van der Waals surface area contributed by atoms with E-state index in [0.717, 1.165) is 35.0 Å². The molecule has 4 aromatic rings. The maximum absolute atomic E-state index is 15.1. The summed E-state index contributed by atoms with van der Waals surface area (Å²) in [4.78, 5) is 16.5. The Morgan fingerprint density at radius 2 is 1.74 bits per heavy atom. The third-order valence-corrected chi connectivity index (χ3v) is 8.93. The van der Waals surface area contributed by atoms with Crippen molar-refractivity contribution in [1.82, 2.24) is 14.3 Å². The minimum Gasteiger partial charge on any atom is -0.495 e. The van der Waals surface area contributed by atoms with Crippen LogP contribution in [0.3, 0.4) is 0 Å². The summed E-state index contributed by atoms with van der Waals surface area (Å²) in [6.45, 7) is 5.59. The lowest BCUT2D eigenvalue weighted by molar-refractivity contribution is -0.142. The first kappa shape index (κ1) is 31.8. The van der Waals surface area contributed by atoms with Gasteiger partial charge in [0.15, 0.2) is 5.16 Å². The van der Waals surface area contributed by atoms with Gasteiger partial charge in [-0.05, 0) is 73.0 Å². The Hall–Kier alpha value is -3.12. The lowest BCUT2D eigenvalue weighted by atomic mass is 9.81. The van der Waals surface area contributed by atoms with Gasteiger partial charge in [0.05, 0.1) is 31.1 Å². The van der Waals surface area contributed by atoms with Crippen LogP contribution in [-0.4, -0.2) is 35.8 Å². The predicted molar refractivity (Wildman–Crippen MR) is 160 cm³/mol. The van der Waals surface area contributed by atoms with Gasteiger partial charge in [-0.25, -0.2) is 22.9 Å². The van der Waals surface area contributed by atoms with E-state index in [9.17, 15) is 9.18 Å². The Morgan fingerprint density at radius 3 is 2.36 bits per heavy atom. The van der Waals surface area contributed by atoms with E-state index >= 15 is 8.78 Å². The summed E-state index contributed by atoms with van der Waals surface area (Å²) in [5.74, 6) is -1.88. The highest BCUT2D eigenvalue weighted by Gasteiger charge is 2.30. The van der Waals surface area contributed by atoms with Crippen LogP contribution in [0, 0.1) is 17.5 Å². The van der Waals surface area contributed by atoms with Gasteiger partial charge in [-0.2, -0.15) is 0 Å². The number of thioether (sulfide) groups is 1. The highest BCUT2D eigenvalue weighted by atomic mass is 35.5. The molecule has 4 rings (SSSR count). The van der Waals surface area contributed by atoms with E-state index in [1.54, 1.807) is 38.4 Å². The molecule has 0 saturated carbocycles. The van der Waals surface area contributed by atoms with E-state index in [0.29, 0.717) is 21.6 Å². The number of hydrogen-bond donors (Lipinski definition) is 1. The summed E-state index contributed by atoms with van der Waals surface area (Å²) < 4.78 is 58.7. The van der Waals surface area contributed by atoms with Crippen LogP contribution >= 0.6 is 35.3 Å². The van der Waals surface area contributed by atoms with Gasteiger partial charge < -0.3 is 9.47 Å². The zero-order valence-electron chi connectivity index (χ0n) is 23.5. The van der Waals surface area contributed by atoms with Crippen molar-refractivity contribution in [2.45, 2.75) is 48.0 Å². The Labute approximate surface area is 256 Å². The second-order valence-electron chi connectivity index (χ2n) is 9.83. The average Bonchev–Trinajstić information content (AvgIpc) is 3.40. The fourth-order valence-corrected chi connectivity index (χ4v) is 6.15. The largest absolute Gasteiger partial charge is 0.495 e. The molecule has 0 bridgehead atoms. The number of methoxy groups -OCH3 is 2. The molecule has 0 radical (unpaired) electrons. The number of imidazole rings is 1. The second kappa shape index (κ2) is 13.5. The van der Waals surface area contributed by atoms with E-state index in [-0.39, 0.29) is 16.2 Å². The molecule has 222 valence electrons. The van der Waals surface area contributed by atoms with Crippen LogP contribution in [-0.2, 0) is 20.7 Å². The third-order valence-electron chi connectivity index (χ3n) is 6.70. The minimum atomic E-state index is -0.730. The Bertz CT molecular complexity index is 1560. The first-order valence-corrected chi connectivity index (χ1v) is 14.9. The van der Waals surface area contributed by atoms with Crippen LogP contribution in [0.25, 0.3) is 5.69 Å². The molecular weight excluding hydrogens is 607 g/mol. The molecule has 1 aromatic heterocycles. The van der Waals surface area contributed by atoms with Gasteiger partial charge in [-0.15, -0.1) is 0 Å². The number of esters is 1. The standard InChI is InChI=1S/C30H29ClF3N3O3S2/c1-17(28(38)40-5)36-42-21-13-24(33)22(25(34)14-21)16-41-29-35-15-27(37(29)20-9-7-19(32)8-10-20)30(2,3)18-6-11-23(31)26(12-18)39-4/h6-15,17,36H,16H2,1-5H3. The molecule has 1 heterocycles. The number of nitrogens with one attached hydrogen (secondary N) is 1.